The maximum absolute atomic E-state index is 11.7. The van der Waals surface area contributed by atoms with E-state index >= 15 is 0 Å². The lowest BCUT2D eigenvalue weighted by Crippen LogP contribution is -2.43. The van der Waals surface area contributed by atoms with Gasteiger partial charge in [0.15, 0.2) is 0 Å². The van der Waals surface area contributed by atoms with Crippen molar-refractivity contribution in [1.82, 2.24) is 4.90 Å². The van der Waals surface area contributed by atoms with Crippen LogP contribution in [0.3, 0.4) is 0 Å². The van der Waals surface area contributed by atoms with Crippen LogP contribution in [0, 0.1) is 11.3 Å². The fourth-order valence-corrected chi connectivity index (χ4v) is 3.95. The van der Waals surface area contributed by atoms with Gasteiger partial charge in [-0.2, -0.15) is 0 Å². The zero-order valence-electron chi connectivity index (χ0n) is 12.2. The van der Waals surface area contributed by atoms with Gasteiger partial charge in [0, 0.05) is 18.0 Å². The molecule has 0 aromatic rings. The molecule has 0 radical (unpaired) electrons. The Labute approximate surface area is 112 Å². The third kappa shape index (κ3) is 3.14. The van der Waals surface area contributed by atoms with Crippen molar-refractivity contribution in [3.63, 3.8) is 0 Å². The molecular weight excluding hydrogens is 222 g/mol. The van der Waals surface area contributed by atoms with Crippen LogP contribution in [0.25, 0.3) is 0 Å². The summed E-state index contributed by atoms with van der Waals surface area (Å²) in [7, 11) is 0. The molecule has 1 aliphatic heterocycles. The molecule has 2 heteroatoms. The number of carbonyl (C=O) groups is 1. The minimum absolute atomic E-state index is 0.0199. The van der Waals surface area contributed by atoms with Crippen LogP contribution in [-0.2, 0) is 4.79 Å². The van der Waals surface area contributed by atoms with Crippen molar-refractivity contribution < 1.29 is 4.79 Å². The van der Waals surface area contributed by atoms with Crippen molar-refractivity contribution in [2.75, 3.05) is 13.1 Å². The number of rotatable bonds is 4. The lowest BCUT2D eigenvalue weighted by molar-refractivity contribution is -0.118. The summed E-state index contributed by atoms with van der Waals surface area (Å²) in [5, 5.41) is 0. The zero-order chi connectivity index (χ0) is 13.0. The molecule has 2 nitrogen and oxygen atoms in total. The highest BCUT2D eigenvalue weighted by atomic mass is 16.1. The Hall–Kier alpha value is -0.370. The first-order valence-corrected chi connectivity index (χ1v) is 7.87. The molecule has 0 amide bonds. The topological polar surface area (TPSA) is 20.3 Å². The highest BCUT2D eigenvalue weighted by molar-refractivity contribution is 5.59. The predicted molar refractivity (Wildman–Crippen MR) is 75.6 cm³/mol. The van der Waals surface area contributed by atoms with Crippen molar-refractivity contribution in [3.8, 4) is 0 Å². The Morgan fingerprint density at radius 3 is 2.39 bits per heavy atom. The van der Waals surface area contributed by atoms with Crippen LogP contribution in [0.2, 0.25) is 0 Å². The molecule has 0 spiro atoms. The summed E-state index contributed by atoms with van der Waals surface area (Å²) in [6.45, 7) is 6.88. The van der Waals surface area contributed by atoms with E-state index in [1.807, 2.05) is 0 Å². The SMILES string of the molecule is CC(C)C1CCCN1CC1(C=O)CCCCCC1. The Balaban J connectivity index is 2.02. The standard InChI is InChI=1S/C16H29NO/c1-14(2)15-8-7-11-17(15)12-16(13-18)9-5-3-4-6-10-16/h13-15H,3-12H2,1-2H3. The van der Waals surface area contributed by atoms with Crippen LogP contribution >= 0.6 is 0 Å². The number of hydrogen-bond acceptors (Lipinski definition) is 2. The first-order valence-electron chi connectivity index (χ1n) is 7.87. The summed E-state index contributed by atoms with van der Waals surface area (Å²) >= 11 is 0. The molecule has 2 fully saturated rings. The van der Waals surface area contributed by atoms with E-state index in [1.165, 1.54) is 51.4 Å². The molecule has 2 aliphatic rings. The molecule has 0 aromatic carbocycles. The van der Waals surface area contributed by atoms with Gasteiger partial charge in [0.25, 0.3) is 0 Å². The monoisotopic (exact) mass is 251 g/mol. The van der Waals surface area contributed by atoms with Crippen molar-refractivity contribution in [2.24, 2.45) is 11.3 Å². The molecule has 1 heterocycles. The molecule has 1 aliphatic carbocycles. The van der Waals surface area contributed by atoms with E-state index in [0.717, 1.165) is 25.3 Å². The molecule has 1 saturated carbocycles. The van der Waals surface area contributed by atoms with Crippen LogP contribution in [0.1, 0.15) is 65.2 Å². The minimum Gasteiger partial charge on any atom is -0.303 e. The number of aldehydes is 1. The Morgan fingerprint density at radius 1 is 1.17 bits per heavy atom. The first-order chi connectivity index (χ1) is 8.67. The number of nitrogens with zero attached hydrogens (tertiary/aromatic N) is 1. The summed E-state index contributed by atoms with van der Waals surface area (Å²) in [6, 6.07) is 0.713. The van der Waals surface area contributed by atoms with Gasteiger partial charge in [-0.25, -0.2) is 0 Å². The Kier molecular flexibility index (Phi) is 4.83. The molecule has 18 heavy (non-hydrogen) atoms. The van der Waals surface area contributed by atoms with Gasteiger partial charge in [-0.1, -0.05) is 39.5 Å². The second-order valence-electron chi connectivity index (χ2n) is 6.82. The van der Waals surface area contributed by atoms with E-state index in [9.17, 15) is 4.79 Å². The largest absolute Gasteiger partial charge is 0.303 e. The Morgan fingerprint density at radius 2 is 1.83 bits per heavy atom. The van der Waals surface area contributed by atoms with Gasteiger partial charge in [-0.15, -0.1) is 0 Å². The van der Waals surface area contributed by atoms with Crippen LogP contribution in [0.5, 0.6) is 0 Å². The van der Waals surface area contributed by atoms with E-state index in [1.54, 1.807) is 0 Å². The van der Waals surface area contributed by atoms with Crippen LogP contribution in [0.4, 0.5) is 0 Å². The molecule has 0 N–H and O–H groups in total. The fraction of sp³-hybridized carbons (Fsp3) is 0.938. The Bertz CT molecular complexity index is 266. The normalized spacial score (nSPS) is 29.4. The molecule has 2 rings (SSSR count). The van der Waals surface area contributed by atoms with Crippen LogP contribution in [0.15, 0.2) is 0 Å². The third-order valence-electron chi connectivity index (χ3n) is 5.05. The van der Waals surface area contributed by atoms with Gasteiger partial charge in [-0.05, 0) is 38.1 Å². The van der Waals surface area contributed by atoms with Crippen LogP contribution in [-0.4, -0.2) is 30.3 Å². The summed E-state index contributed by atoms with van der Waals surface area (Å²) < 4.78 is 0. The van der Waals surface area contributed by atoms with Gasteiger partial charge in [0.1, 0.15) is 6.29 Å². The second-order valence-corrected chi connectivity index (χ2v) is 6.82. The average Bonchev–Trinajstić information content (AvgIpc) is 2.68. The summed E-state index contributed by atoms with van der Waals surface area (Å²) in [6.07, 6.45) is 11.3. The molecule has 0 aromatic heterocycles. The van der Waals surface area contributed by atoms with Crippen molar-refractivity contribution in [2.45, 2.75) is 71.3 Å². The average molecular weight is 251 g/mol. The minimum atomic E-state index is -0.0199. The highest BCUT2D eigenvalue weighted by Gasteiger charge is 2.37. The molecule has 0 bridgehead atoms. The quantitative estimate of drug-likeness (QED) is 0.561. The van der Waals surface area contributed by atoms with Gasteiger partial charge in [0.05, 0.1) is 0 Å². The molecule has 1 saturated heterocycles. The molecular formula is C16H29NO. The lowest BCUT2D eigenvalue weighted by Gasteiger charge is -2.36. The van der Waals surface area contributed by atoms with Crippen molar-refractivity contribution in [1.29, 1.82) is 0 Å². The maximum atomic E-state index is 11.7. The van der Waals surface area contributed by atoms with Crippen molar-refractivity contribution in [3.05, 3.63) is 0 Å². The fourth-order valence-electron chi connectivity index (χ4n) is 3.95. The van der Waals surface area contributed by atoms with Gasteiger partial charge < -0.3 is 4.79 Å². The lowest BCUT2D eigenvalue weighted by atomic mass is 9.81. The summed E-state index contributed by atoms with van der Waals surface area (Å²) in [4.78, 5) is 14.3. The number of carbonyl (C=O) groups excluding carboxylic acids is 1. The maximum Gasteiger partial charge on any atom is 0.127 e. The molecule has 1 unspecified atom stereocenters. The molecule has 1 atom stereocenters. The van der Waals surface area contributed by atoms with Crippen molar-refractivity contribution >= 4 is 6.29 Å². The van der Waals surface area contributed by atoms with Gasteiger partial charge in [0.2, 0.25) is 0 Å². The van der Waals surface area contributed by atoms with Gasteiger partial charge in [-0.3, -0.25) is 4.90 Å². The van der Waals surface area contributed by atoms with E-state index in [-0.39, 0.29) is 5.41 Å². The van der Waals surface area contributed by atoms with E-state index in [2.05, 4.69) is 18.7 Å². The second kappa shape index (κ2) is 6.18. The van der Waals surface area contributed by atoms with E-state index < -0.39 is 0 Å². The van der Waals surface area contributed by atoms with E-state index in [0.29, 0.717) is 6.04 Å². The highest BCUT2D eigenvalue weighted by Crippen LogP contribution is 2.36. The zero-order valence-corrected chi connectivity index (χ0v) is 12.2. The van der Waals surface area contributed by atoms with Gasteiger partial charge >= 0.3 is 0 Å². The third-order valence-corrected chi connectivity index (χ3v) is 5.05. The smallest absolute Gasteiger partial charge is 0.127 e. The summed E-state index contributed by atoms with van der Waals surface area (Å²) in [5.74, 6) is 0.724. The predicted octanol–water partition coefficient (Wildman–Crippen LogP) is 3.65. The van der Waals surface area contributed by atoms with Crippen LogP contribution < -0.4 is 0 Å². The number of likely N-dealkylation sites (tertiary alicyclic amines) is 1. The van der Waals surface area contributed by atoms with E-state index in [4.69, 9.17) is 0 Å². The first kappa shape index (κ1) is 14.0. The number of hydrogen-bond donors (Lipinski definition) is 0. The molecule has 104 valence electrons. The summed E-state index contributed by atoms with van der Waals surface area (Å²) in [5.41, 5.74) is -0.0199.